The number of likely N-dealkylation sites (tertiary alicyclic amines) is 1. The first-order chi connectivity index (χ1) is 20.8. The molecule has 0 spiro atoms. The normalized spacial score (nSPS) is 18.3. The topological polar surface area (TPSA) is 105 Å². The lowest BCUT2D eigenvalue weighted by atomic mass is 9.98. The SMILES string of the molecule is COc1ccccc1CC(=O)N1CCCCC2CN(c3ncc(C(=O)O)c(CCc4ccc(OCC(C)C)cc4)n3)CC21. The van der Waals surface area contributed by atoms with Gasteiger partial charge in [0.25, 0.3) is 0 Å². The van der Waals surface area contributed by atoms with Gasteiger partial charge in [-0.3, -0.25) is 4.79 Å². The average Bonchev–Trinajstić information content (AvgIpc) is 3.32. The summed E-state index contributed by atoms with van der Waals surface area (Å²) in [5.74, 6) is 1.92. The first-order valence-corrected chi connectivity index (χ1v) is 15.3. The molecule has 2 aliphatic rings. The second kappa shape index (κ2) is 13.9. The molecule has 9 heteroatoms. The minimum absolute atomic E-state index is 0.0623. The van der Waals surface area contributed by atoms with Gasteiger partial charge in [-0.05, 0) is 61.3 Å². The number of ether oxygens (including phenoxy) is 2. The van der Waals surface area contributed by atoms with Gasteiger partial charge in [0, 0.05) is 31.4 Å². The first kappa shape index (κ1) is 30.3. The van der Waals surface area contributed by atoms with Crippen LogP contribution in [-0.2, 0) is 24.1 Å². The van der Waals surface area contributed by atoms with Crippen molar-refractivity contribution in [2.24, 2.45) is 11.8 Å². The number of carboxylic acid groups (broad SMARTS) is 1. The number of fused-ring (bicyclic) bond motifs is 1. The molecule has 2 unspecified atom stereocenters. The summed E-state index contributed by atoms with van der Waals surface area (Å²) in [5, 5.41) is 9.85. The summed E-state index contributed by atoms with van der Waals surface area (Å²) in [6, 6.07) is 15.7. The number of aromatic carboxylic acids is 1. The summed E-state index contributed by atoms with van der Waals surface area (Å²) in [4.78, 5) is 39.1. The fourth-order valence-electron chi connectivity index (χ4n) is 6.14. The zero-order valence-electron chi connectivity index (χ0n) is 25.4. The molecule has 0 saturated carbocycles. The van der Waals surface area contributed by atoms with E-state index < -0.39 is 5.97 Å². The van der Waals surface area contributed by atoms with Gasteiger partial charge in [-0.15, -0.1) is 0 Å². The molecule has 9 nitrogen and oxygen atoms in total. The molecule has 1 amide bonds. The van der Waals surface area contributed by atoms with Gasteiger partial charge >= 0.3 is 5.97 Å². The Morgan fingerprint density at radius 3 is 2.58 bits per heavy atom. The van der Waals surface area contributed by atoms with E-state index in [2.05, 4.69) is 23.7 Å². The number of benzene rings is 2. The molecule has 2 aliphatic heterocycles. The molecule has 3 heterocycles. The van der Waals surface area contributed by atoms with Gasteiger partial charge < -0.3 is 24.4 Å². The van der Waals surface area contributed by atoms with Crippen molar-refractivity contribution in [1.29, 1.82) is 0 Å². The predicted octanol–water partition coefficient (Wildman–Crippen LogP) is 5.06. The number of amides is 1. The minimum Gasteiger partial charge on any atom is -0.496 e. The summed E-state index contributed by atoms with van der Waals surface area (Å²) in [6.07, 6.45) is 5.96. The molecule has 0 bridgehead atoms. The number of methoxy groups -OCH3 is 1. The number of nitrogens with zero attached hydrogens (tertiary/aromatic N) is 4. The Bertz CT molecular complexity index is 1410. The third-order valence-electron chi connectivity index (χ3n) is 8.41. The molecule has 43 heavy (non-hydrogen) atoms. The molecule has 1 aromatic heterocycles. The lowest BCUT2D eigenvalue weighted by Crippen LogP contribution is -2.45. The Hall–Kier alpha value is -4.14. The molecule has 3 aromatic rings. The maximum absolute atomic E-state index is 13.6. The van der Waals surface area contributed by atoms with Crippen LogP contribution in [0, 0.1) is 11.8 Å². The molecular formula is C34H42N4O5. The second-order valence-electron chi connectivity index (χ2n) is 12.0. The van der Waals surface area contributed by atoms with Crippen LogP contribution < -0.4 is 14.4 Å². The van der Waals surface area contributed by atoms with Crippen LogP contribution in [0.3, 0.4) is 0 Å². The van der Waals surface area contributed by atoms with Gasteiger partial charge in [-0.25, -0.2) is 14.8 Å². The Morgan fingerprint density at radius 1 is 1.05 bits per heavy atom. The number of hydrogen-bond donors (Lipinski definition) is 1. The van der Waals surface area contributed by atoms with Crippen LogP contribution in [0.2, 0.25) is 0 Å². The van der Waals surface area contributed by atoms with Crippen molar-refractivity contribution in [3.63, 3.8) is 0 Å². The zero-order chi connectivity index (χ0) is 30.3. The number of anilines is 1. The van der Waals surface area contributed by atoms with E-state index in [-0.39, 0.29) is 17.5 Å². The summed E-state index contributed by atoms with van der Waals surface area (Å²) in [7, 11) is 1.63. The van der Waals surface area contributed by atoms with Crippen molar-refractivity contribution >= 4 is 17.8 Å². The molecule has 0 aliphatic carbocycles. The van der Waals surface area contributed by atoms with Gasteiger partial charge in [0.1, 0.15) is 11.5 Å². The molecule has 5 rings (SSSR count). The van der Waals surface area contributed by atoms with Crippen LogP contribution in [0.4, 0.5) is 5.95 Å². The maximum Gasteiger partial charge on any atom is 0.339 e. The molecule has 2 aromatic carbocycles. The highest BCUT2D eigenvalue weighted by atomic mass is 16.5. The van der Waals surface area contributed by atoms with Crippen molar-refractivity contribution in [3.8, 4) is 11.5 Å². The van der Waals surface area contributed by atoms with Crippen LogP contribution in [0.25, 0.3) is 0 Å². The van der Waals surface area contributed by atoms with Crippen LogP contribution in [-0.4, -0.2) is 71.2 Å². The van der Waals surface area contributed by atoms with E-state index in [0.717, 1.165) is 55.0 Å². The zero-order valence-corrected chi connectivity index (χ0v) is 25.4. The third kappa shape index (κ3) is 7.45. The summed E-state index contributed by atoms with van der Waals surface area (Å²) < 4.78 is 11.3. The highest BCUT2D eigenvalue weighted by Gasteiger charge is 2.40. The van der Waals surface area contributed by atoms with Crippen LogP contribution in [0.1, 0.15) is 60.3 Å². The lowest BCUT2D eigenvalue weighted by molar-refractivity contribution is -0.132. The molecule has 228 valence electrons. The van der Waals surface area contributed by atoms with Crippen molar-refractivity contribution in [1.82, 2.24) is 14.9 Å². The first-order valence-electron chi connectivity index (χ1n) is 15.3. The monoisotopic (exact) mass is 586 g/mol. The van der Waals surface area contributed by atoms with E-state index in [0.29, 0.717) is 55.9 Å². The smallest absolute Gasteiger partial charge is 0.339 e. The Morgan fingerprint density at radius 2 is 1.84 bits per heavy atom. The number of hydrogen-bond acceptors (Lipinski definition) is 7. The largest absolute Gasteiger partial charge is 0.496 e. The van der Waals surface area contributed by atoms with Crippen molar-refractivity contribution in [2.75, 3.05) is 38.3 Å². The van der Waals surface area contributed by atoms with Gasteiger partial charge in [0.15, 0.2) is 0 Å². The van der Waals surface area contributed by atoms with Gasteiger partial charge in [0.2, 0.25) is 11.9 Å². The van der Waals surface area contributed by atoms with E-state index in [1.54, 1.807) is 7.11 Å². The Balaban J connectivity index is 1.29. The summed E-state index contributed by atoms with van der Waals surface area (Å²) in [5.41, 5.74) is 2.62. The summed E-state index contributed by atoms with van der Waals surface area (Å²) in [6.45, 7) is 6.99. The molecule has 2 fully saturated rings. The molecule has 2 atom stereocenters. The van der Waals surface area contributed by atoms with E-state index >= 15 is 0 Å². The standard InChI is InChI=1S/C34H42N4O5/c1-23(2)22-43-27-14-11-24(12-15-27)13-16-29-28(33(40)41)19-35-34(36-29)37-20-26-9-6-7-17-38(30(26)21-37)32(39)18-25-8-4-5-10-31(25)42-3/h4-5,8,10-12,14-15,19,23,26,30H,6-7,9,13,16-18,20-22H2,1-3H3,(H,40,41). The number of aryl methyl sites for hydroxylation is 2. The molecular weight excluding hydrogens is 544 g/mol. The van der Waals surface area contributed by atoms with Crippen molar-refractivity contribution in [2.45, 2.75) is 58.4 Å². The van der Waals surface area contributed by atoms with E-state index in [4.69, 9.17) is 14.5 Å². The van der Waals surface area contributed by atoms with Gasteiger partial charge in [-0.2, -0.15) is 0 Å². The Labute approximate surface area is 253 Å². The van der Waals surface area contributed by atoms with E-state index in [1.807, 2.05) is 53.4 Å². The highest BCUT2D eigenvalue weighted by molar-refractivity contribution is 5.88. The minimum atomic E-state index is -1.03. The number of carbonyl (C=O) groups is 2. The predicted molar refractivity (Wildman–Crippen MR) is 165 cm³/mol. The maximum atomic E-state index is 13.6. The van der Waals surface area contributed by atoms with Crippen LogP contribution >= 0.6 is 0 Å². The average molecular weight is 587 g/mol. The number of carbonyl (C=O) groups excluding carboxylic acids is 1. The number of para-hydroxylation sites is 1. The number of carboxylic acids is 1. The molecule has 2 saturated heterocycles. The summed E-state index contributed by atoms with van der Waals surface area (Å²) >= 11 is 0. The van der Waals surface area contributed by atoms with Crippen molar-refractivity contribution < 1.29 is 24.2 Å². The van der Waals surface area contributed by atoms with E-state index in [9.17, 15) is 14.7 Å². The lowest BCUT2D eigenvalue weighted by Gasteiger charge is -2.30. The second-order valence-corrected chi connectivity index (χ2v) is 12.0. The Kier molecular flexibility index (Phi) is 9.79. The van der Waals surface area contributed by atoms with Crippen LogP contribution in [0.15, 0.2) is 54.7 Å². The number of aromatic nitrogens is 2. The fourth-order valence-corrected chi connectivity index (χ4v) is 6.14. The van der Waals surface area contributed by atoms with Gasteiger partial charge in [0.05, 0.1) is 37.4 Å². The van der Waals surface area contributed by atoms with Crippen molar-refractivity contribution in [3.05, 3.63) is 77.1 Å². The van der Waals surface area contributed by atoms with E-state index in [1.165, 1.54) is 6.20 Å². The molecule has 0 radical (unpaired) electrons. The fraction of sp³-hybridized carbons (Fsp3) is 0.471. The van der Waals surface area contributed by atoms with Crippen LogP contribution in [0.5, 0.6) is 11.5 Å². The number of rotatable bonds is 11. The highest BCUT2D eigenvalue weighted by Crippen LogP contribution is 2.33. The third-order valence-corrected chi connectivity index (χ3v) is 8.41. The van der Waals surface area contributed by atoms with Gasteiger partial charge in [-0.1, -0.05) is 50.6 Å². The quantitative estimate of drug-likeness (QED) is 0.332. The molecule has 1 N–H and O–H groups in total.